The highest BCUT2D eigenvalue weighted by atomic mass is 16.6. The van der Waals surface area contributed by atoms with Gasteiger partial charge in [-0.15, -0.1) is 0 Å². The molecule has 5 fully saturated rings. The minimum Gasteiger partial charge on any atom is -0.462 e. The normalized spacial score (nSPS) is 46.0. The first-order chi connectivity index (χ1) is 16.7. The van der Waals surface area contributed by atoms with E-state index in [0.29, 0.717) is 23.7 Å². The number of hydrogen-bond donors (Lipinski definition) is 1. The van der Waals surface area contributed by atoms with Crippen molar-refractivity contribution in [1.82, 2.24) is 5.32 Å². The van der Waals surface area contributed by atoms with E-state index < -0.39 is 5.60 Å². The molecule has 1 spiro atoms. The average Bonchev–Trinajstić information content (AvgIpc) is 3.30. The topological polar surface area (TPSA) is 64.6 Å². The molecular formula is C30H49NO4. The minimum atomic E-state index is -0.534. The first-order valence-electron chi connectivity index (χ1n) is 14.9. The molecule has 0 radical (unpaired) electrons. The second-order valence-corrected chi connectivity index (χ2v) is 13.4. The van der Waals surface area contributed by atoms with Gasteiger partial charge in [0.15, 0.2) is 0 Å². The van der Waals surface area contributed by atoms with Gasteiger partial charge in [-0.05, 0) is 80.5 Å². The number of rotatable bonds is 8. The zero-order chi connectivity index (χ0) is 24.8. The molecule has 1 N–H and O–H groups in total. The van der Waals surface area contributed by atoms with Gasteiger partial charge >= 0.3 is 12.1 Å². The van der Waals surface area contributed by atoms with E-state index in [9.17, 15) is 9.59 Å². The van der Waals surface area contributed by atoms with E-state index in [4.69, 9.17) is 9.47 Å². The molecule has 0 aromatic heterocycles. The fourth-order valence-corrected chi connectivity index (χ4v) is 10.1. The maximum atomic E-state index is 12.7. The Balaban J connectivity index is 1.32. The number of nitrogens with one attached hydrogen (secondary N) is 1. The maximum absolute atomic E-state index is 12.7. The van der Waals surface area contributed by atoms with Gasteiger partial charge in [0, 0.05) is 18.8 Å². The molecule has 5 rings (SSSR count). The number of hydrogen-bond acceptors (Lipinski definition) is 4. The summed E-state index contributed by atoms with van der Waals surface area (Å²) in [5.74, 6) is 2.67. The molecule has 1 aliphatic heterocycles. The molecule has 4 aliphatic carbocycles. The van der Waals surface area contributed by atoms with Crippen molar-refractivity contribution in [3.8, 4) is 0 Å². The van der Waals surface area contributed by atoms with Crippen molar-refractivity contribution < 1.29 is 19.1 Å². The van der Waals surface area contributed by atoms with Crippen LogP contribution in [0.2, 0.25) is 0 Å². The molecular weight excluding hydrogens is 438 g/mol. The predicted octanol–water partition coefficient (Wildman–Crippen LogP) is 7.17. The third kappa shape index (κ3) is 4.11. The van der Waals surface area contributed by atoms with Gasteiger partial charge in [-0.25, -0.2) is 4.79 Å². The summed E-state index contributed by atoms with van der Waals surface area (Å²) in [6, 6.07) is 0.0413. The average molecular weight is 488 g/mol. The van der Waals surface area contributed by atoms with Crippen molar-refractivity contribution >= 4 is 12.1 Å². The van der Waals surface area contributed by atoms with Crippen molar-refractivity contribution in [2.24, 2.45) is 34.5 Å². The molecule has 0 aromatic rings. The number of esters is 1. The molecule has 0 bridgehead atoms. The zero-order valence-corrected chi connectivity index (χ0v) is 22.7. The fraction of sp³-hybridized carbons (Fsp3) is 0.933. The Labute approximate surface area is 212 Å². The van der Waals surface area contributed by atoms with Crippen LogP contribution in [0.4, 0.5) is 4.79 Å². The summed E-state index contributed by atoms with van der Waals surface area (Å²) in [6.45, 7) is 8.81. The van der Waals surface area contributed by atoms with E-state index in [-0.39, 0.29) is 29.6 Å². The summed E-state index contributed by atoms with van der Waals surface area (Å²) in [7, 11) is 0. The highest BCUT2D eigenvalue weighted by Gasteiger charge is 2.72. The van der Waals surface area contributed by atoms with Gasteiger partial charge in [-0.2, -0.15) is 0 Å². The molecule has 198 valence electrons. The highest BCUT2D eigenvalue weighted by molar-refractivity contribution is 5.72. The quantitative estimate of drug-likeness (QED) is 0.291. The number of alkyl carbamates (subject to hydrolysis) is 1. The molecule has 5 heteroatoms. The van der Waals surface area contributed by atoms with Crippen molar-refractivity contribution in [1.29, 1.82) is 0 Å². The van der Waals surface area contributed by atoms with E-state index >= 15 is 0 Å². The Morgan fingerprint density at radius 1 is 1.03 bits per heavy atom. The van der Waals surface area contributed by atoms with Crippen molar-refractivity contribution in [2.75, 3.05) is 0 Å². The summed E-state index contributed by atoms with van der Waals surface area (Å²) < 4.78 is 11.9. The van der Waals surface area contributed by atoms with Crippen LogP contribution in [0.1, 0.15) is 124 Å². The Morgan fingerprint density at radius 3 is 2.57 bits per heavy atom. The van der Waals surface area contributed by atoms with Crippen LogP contribution in [0, 0.1) is 34.5 Å². The number of ether oxygens (including phenoxy) is 2. The third-order valence-corrected chi connectivity index (χ3v) is 11.8. The second kappa shape index (κ2) is 9.56. The lowest BCUT2D eigenvalue weighted by Crippen LogP contribution is -2.69. The van der Waals surface area contributed by atoms with Crippen molar-refractivity contribution in [3.05, 3.63) is 0 Å². The smallest absolute Gasteiger partial charge is 0.408 e. The summed E-state index contributed by atoms with van der Waals surface area (Å²) in [4.78, 5) is 24.4. The van der Waals surface area contributed by atoms with E-state index in [1.807, 2.05) is 0 Å². The first kappa shape index (κ1) is 25.4. The van der Waals surface area contributed by atoms with E-state index in [0.717, 1.165) is 31.1 Å². The highest BCUT2D eigenvalue weighted by Crippen LogP contribution is 2.70. The van der Waals surface area contributed by atoms with Gasteiger partial charge in [-0.3, -0.25) is 4.79 Å². The van der Waals surface area contributed by atoms with Gasteiger partial charge in [-0.1, -0.05) is 59.3 Å². The fourth-order valence-electron chi connectivity index (χ4n) is 10.1. The van der Waals surface area contributed by atoms with Gasteiger partial charge in [0.05, 0.1) is 6.04 Å². The van der Waals surface area contributed by atoms with Gasteiger partial charge in [0.2, 0.25) is 0 Å². The van der Waals surface area contributed by atoms with Crippen molar-refractivity contribution in [2.45, 2.75) is 142 Å². The van der Waals surface area contributed by atoms with Crippen LogP contribution in [0.3, 0.4) is 0 Å². The van der Waals surface area contributed by atoms with Crippen LogP contribution in [0.25, 0.3) is 0 Å². The maximum Gasteiger partial charge on any atom is 0.408 e. The number of amides is 1. The summed E-state index contributed by atoms with van der Waals surface area (Å²) in [5, 5.41) is 3.24. The lowest BCUT2D eigenvalue weighted by atomic mass is 9.42. The van der Waals surface area contributed by atoms with Crippen LogP contribution in [-0.4, -0.2) is 29.8 Å². The van der Waals surface area contributed by atoms with Crippen LogP contribution < -0.4 is 5.32 Å². The monoisotopic (exact) mass is 487 g/mol. The molecule has 35 heavy (non-hydrogen) atoms. The lowest BCUT2D eigenvalue weighted by Gasteiger charge is -2.64. The summed E-state index contributed by atoms with van der Waals surface area (Å²) in [5.41, 5.74) is -0.123. The SMILES string of the molecule is CCCCCCCC[C@H]1CC[C@H]2[C@@H]3C[C@@H]4NC(=O)O[C@@]45C[C@@H](OC(C)=O)CC[C@]5(C)[C@H]3CC[C@]12C. The number of carbonyl (C=O) groups excluding carboxylic acids is 2. The molecule has 5 nitrogen and oxygen atoms in total. The third-order valence-electron chi connectivity index (χ3n) is 11.8. The van der Waals surface area contributed by atoms with Crippen LogP contribution in [0.15, 0.2) is 0 Å². The van der Waals surface area contributed by atoms with E-state index in [2.05, 4.69) is 26.1 Å². The van der Waals surface area contributed by atoms with Crippen molar-refractivity contribution in [3.63, 3.8) is 0 Å². The predicted molar refractivity (Wildman–Crippen MR) is 137 cm³/mol. The summed E-state index contributed by atoms with van der Waals surface area (Å²) in [6.07, 6.45) is 18.2. The molecule has 9 atom stereocenters. The minimum absolute atomic E-state index is 0.0413. The molecule has 4 saturated carbocycles. The summed E-state index contributed by atoms with van der Waals surface area (Å²) >= 11 is 0. The van der Waals surface area contributed by atoms with Gasteiger partial charge in [0.1, 0.15) is 11.7 Å². The second-order valence-electron chi connectivity index (χ2n) is 13.4. The Morgan fingerprint density at radius 2 is 1.80 bits per heavy atom. The standard InChI is InChI=1S/C30H49NO4/c1-5-6-7-8-9-10-11-21-12-13-24-23-18-26-30(35-27(33)31-26)19-22(34-20(2)32)14-17-29(30,4)25(23)15-16-28(21,24)3/h21-26H,5-19H2,1-4H3,(H,31,33)/t21-,22-,23-,24-,25-,26-,28+,29+,30-/m0/s1. The molecule has 1 heterocycles. The molecule has 5 aliphatic rings. The Hall–Kier alpha value is -1.26. The number of unbranched alkanes of at least 4 members (excludes halogenated alkanes) is 5. The number of carbonyl (C=O) groups is 2. The molecule has 0 aromatic carbocycles. The lowest BCUT2D eigenvalue weighted by molar-refractivity contribution is -0.216. The van der Waals surface area contributed by atoms with Crippen LogP contribution in [0.5, 0.6) is 0 Å². The van der Waals surface area contributed by atoms with E-state index in [1.54, 1.807) is 0 Å². The number of fused-ring (bicyclic) bond motifs is 4. The molecule has 1 saturated heterocycles. The molecule has 0 unspecified atom stereocenters. The van der Waals surface area contributed by atoms with Gasteiger partial charge in [0.25, 0.3) is 0 Å². The zero-order valence-electron chi connectivity index (χ0n) is 22.7. The first-order valence-corrected chi connectivity index (χ1v) is 14.9. The van der Waals surface area contributed by atoms with Crippen LogP contribution in [-0.2, 0) is 14.3 Å². The Kier molecular flexibility index (Phi) is 6.94. The largest absolute Gasteiger partial charge is 0.462 e. The van der Waals surface area contributed by atoms with E-state index in [1.165, 1.54) is 77.6 Å². The molecule has 1 amide bonds. The van der Waals surface area contributed by atoms with Gasteiger partial charge < -0.3 is 14.8 Å². The van der Waals surface area contributed by atoms with Crippen LogP contribution >= 0.6 is 0 Å². The Bertz CT molecular complexity index is 814.